The molecule has 0 N–H and O–H groups in total. The van der Waals surface area contributed by atoms with Crippen molar-refractivity contribution in [3.05, 3.63) is 28.5 Å². The Morgan fingerprint density at radius 2 is 2.31 bits per heavy atom. The lowest BCUT2D eigenvalue weighted by Crippen LogP contribution is -2.33. The van der Waals surface area contributed by atoms with Crippen molar-refractivity contribution in [1.82, 2.24) is 9.88 Å². The average Bonchev–Trinajstić information content (AvgIpc) is 2.29. The van der Waals surface area contributed by atoms with Crippen LogP contribution in [0, 0.1) is 6.92 Å². The molecule has 1 atom stereocenters. The smallest absolute Gasteiger partial charge is 0.129 e. The van der Waals surface area contributed by atoms with Gasteiger partial charge < -0.3 is 0 Å². The minimum Gasteiger partial charge on any atom is -0.297 e. The molecule has 16 heavy (non-hydrogen) atoms. The molecule has 2 rings (SSSR count). The van der Waals surface area contributed by atoms with Crippen molar-refractivity contribution in [3.8, 4) is 0 Å². The lowest BCUT2D eigenvalue weighted by Gasteiger charge is -2.35. The molecule has 0 bridgehead atoms. The maximum absolute atomic E-state index is 5.90. The molecule has 1 aliphatic rings. The zero-order chi connectivity index (χ0) is 11.5. The van der Waals surface area contributed by atoms with E-state index in [4.69, 9.17) is 11.6 Å². The van der Waals surface area contributed by atoms with Crippen LogP contribution in [0.25, 0.3) is 0 Å². The van der Waals surface area contributed by atoms with Crippen LogP contribution in [0.3, 0.4) is 0 Å². The molecule has 1 fully saturated rings. The molecule has 0 aliphatic carbocycles. The van der Waals surface area contributed by atoms with Gasteiger partial charge in [0.25, 0.3) is 0 Å². The van der Waals surface area contributed by atoms with Crippen molar-refractivity contribution in [2.45, 2.75) is 39.2 Å². The molecule has 88 valence electrons. The number of halogens is 1. The lowest BCUT2D eigenvalue weighted by molar-refractivity contribution is 0.156. The molecule has 1 aliphatic heterocycles. The average molecular weight is 239 g/mol. The third-order valence-corrected chi connectivity index (χ3v) is 3.70. The lowest BCUT2D eigenvalue weighted by atomic mass is 9.94. The number of pyridine rings is 1. The van der Waals surface area contributed by atoms with Gasteiger partial charge in [-0.25, -0.2) is 4.98 Å². The monoisotopic (exact) mass is 238 g/mol. The second kappa shape index (κ2) is 5.15. The molecular formula is C13H19ClN2. The fraction of sp³-hybridized carbons (Fsp3) is 0.615. The van der Waals surface area contributed by atoms with Gasteiger partial charge in [-0.05, 0) is 50.0 Å². The zero-order valence-electron chi connectivity index (χ0n) is 10.0. The fourth-order valence-corrected chi connectivity index (χ4v) is 2.82. The molecule has 1 unspecified atom stereocenters. The van der Waals surface area contributed by atoms with Crippen LogP contribution in [0.5, 0.6) is 0 Å². The summed E-state index contributed by atoms with van der Waals surface area (Å²) in [6.45, 7) is 6.69. The van der Waals surface area contributed by atoms with E-state index in [0.717, 1.165) is 6.54 Å². The second-order valence-electron chi connectivity index (χ2n) is 4.50. The molecule has 1 aromatic rings. The highest BCUT2D eigenvalue weighted by atomic mass is 35.5. The Labute approximate surface area is 103 Å². The highest BCUT2D eigenvalue weighted by Crippen LogP contribution is 2.32. The second-order valence-corrected chi connectivity index (χ2v) is 4.89. The van der Waals surface area contributed by atoms with Gasteiger partial charge in [0.05, 0.1) is 0 Å². The summed E-state index contributed by atoms with van der Waals surface area (Å²) in [4.78, 5) is 6.77. The number of rotatable bonds is 2. The standard InChI is InChI=1S/C13H19ClN2/c1-3-16-7-5-4-6-12(16)11-9-15-13(14)8-10(11)2/h8-9,12H,3-7H2,1-2H3. The Kier molecular flexibility index (Phi) is 3.82. The van der Waals surface area contributed by atoms with E-state index >= 15 is 0 Å². The van der Waals surface area contributed by atoms with Gasteiger partial charge in [0.15, 0.2) is 0 Å². The summed E-state index contributed by atoms with van der Waals surface area (Å²) in [6.07, 6.45) is 5.85. The molecule has 0 radical (unpaired) electrons. The molecular weight excluding hydrogens is 220 g/mol. The van der Waals surface area contributed by atoms with Crippen LogP contribution in [0.4, 0.5) is 0 Å². The van der Waals surface area contributed by atoms with E-state index in [9.17, 15) is 0 Å². The summed E-state index contributed by atoms with van der Waals surface area (Å²) >= 11 is 5.90. The van der Waals surface area contributed by atoms with E-state index in [2.05, 4.69) is 23.7 Å². The Bertz CT molecular complexity index is 365. The molecule has 0 saturated carbocycles. The van der Waals surface area contributed by atoms with Gasteiger partial charge in [-0.15, -0.1) is 0 Å². The van der Waals surface area contributed by atoms with Crippen LogP contribution >= 0.6 is 11.6 Å². The van der Waals surface area contributed by atoms with E-state index in [1.807, 2.05) is 12.3 Å². The van der Waals surface area contributed by atoms with Crippen LogP contribution in [-0.4, -0.2) is 23.0 Å². The summed E-state index contributed by atoms with van der Waals surface area (Å²) in [5.41, 5.74) is 2.62. The maximum atomic E-state index is 5.90. The van der Waals surface area contributed by atoms with Gasteiger partial charge in [-0.3, -0.25) is 4.90 Å². The fourth-order valence-electron chi connectivity index (χ4n) is 2.60. The maximum Gasteiger partial charge on any atom is 0.129 e. The third-order valence-electron chi connectivity index (χ3n) is 3.50. The zero-order valence-corrected chi connectivity index (χ0v) is 10.8. The van der Waals surface area contributed by atoms with Crippen molar-refractivity contribution in [2.75, 3.05) is 13.1 Å². The molecule has 0 amide bonds. The van der Waals surface area contributed by atoms with Gasteiger partial charge in [-0.2, -0.15) is 0 Å². The van der Waals surface area contributed by atoms with Crippen molar-refractivity contribution in [1.29, 1.82) is 0 Å². The van der Waals surface area contributed by atoms with Crippen LogP contribution in [-0.2, 0) is 0 Å². The summed E-state index contributed by atoms with van der Waals surface area (Å²) in [7, 11) is 0. The van der Waals surface area contributed by atoms with Gasteiger partial charge >= 0.3 is 0 Å². The largest absolute Gasteiger partial charge is 0.297 e. The predicted octanol–water partition coefficient (Wildman–Crippen LogP) is 3.59. The summed E-state index contributed by atoms with van der Waals surface area (Å²) in [5.74, 6) is 0. The molecule has 2 nitrogen and oxygen atoms in total. The first-order valence-corrected chi connectivity index (χ1v) is 6.46. The summed E-state index contributed by atoms with van der Waals surface area (Å²) < 4.78 is 0. The van der Waals surface area contributed by atoms with Crippen molar-refractivity contribution in [3.63, 3.8) is 0 Å². The van der Waals surface area contributed by atoms with Crippen molar-refractivity contribution < 1.29 is 0 Å². The van der Waals surface area contributed by atoms with Crippen molar-refractivity contribution in [2.24, 2.45) is 0 Å². The number of aromatic nitrogens is 1. The van der Waals surface area contributed by atoms with E-state index in [1.165, 1.54) is 36.9 Å². The Morgan fingerprint density at radius 3 is 3.00 bits per heavy atom. The molecule has 0 spiro atoms. The first-order chi connectivity index (χ1) is 7.72. The molecule has 3 heteroatoms. The Morgan fingerprint density at radius 1 is 1.50 bits per heavy atom. The van der Waals surface area contributed by atoms with E-state index in [0.29, 0.717) is 11.2 Å². The summed E-state index contributed by atoms with van der Waals surface area (Å²) in [6, 6.07) is 2.52. The van der Waals surface area contributed by atoms with Gasteiger partial charge in [0.2, 0.25) is 0 Å². The number of likely N-dealkylation sites (tertiary alicyclic amines) is 1. The molecule has 1 aromatic heterocycles. The first kappa shape index (κ1) is 11.9. The quantitative estimate of drug-likeness (QED) is 0.732. The number of hydrogen-bond donors (Lipinski definition) is 0. The van der Waals surface area contributed by atoms with Crippen LogP contribution < -0.4 is 0 Å². The summed E-state index contributed by atoms with van der Waals surface area (Å²) in [5, 5.41) is 0.597. The van der Waals surface area contributed by atoms with E-state index in [-0.39, 0.29) is 0 Å². The van der Waals surface area contributed by atoms with Crippen LogP contribution in [0.1, 0.15) is 43.4 Å². The minimum atomic E-state index is 0.545. The van der Waals surface area contributed by atoms with Crippen LogP contribution in [0.2, 0.25) is 5.15 Å². The molecule has 1 saturated heterocycles. The number of piperidine rings is 1. The number of nitrogens with zero attached hydrogens (tertiary/aromatic N) is 2. The predicted molar refractivity (Wildman–Crippen MR) is 67.8 cm³/mol. The van der Waals surface area contributed by atoms with E-state index < -0.39 is 0 Å². The van der Waals surface area contributed by atoms with Gasteiger partial charge in [-0.1, -0.05) is 24.9 Å². The van der Waals surface area contributed by atoms with Gasteiger partial charge in [0, 0.05) is 12.2 Å². The van der Waals surface area contributed by atoms with Crippen molar-refractivity contribution >= 4 is 11.6 Å². The Balaban J connectivity index is 2.27. The van der Waals surface area contributed by atoms with Gasteiger partial charge in [0.1, 0.15) is 5.15 Å². The minimum absolute atomic E-state index is 0.545. The molecule has 0 aromatic carbocycles. The Hall–Kier alpha value is -0.600. The molecule has 2 heterocycles. The van der Waals surface area contributed by atoms with E-state index in [1.54, 1.807) is 0 Å². The first-order valence-electron chi connectivity index (χ1n) is 6.08. The third kappa shape index (κ3) is 2.38. The number of aryl methyl sites for hydroxylation is 1. The number of hydrogen-bond acceptors (Lipinski definition) is 2. The highest BCUT2D eigenvalue weighted by molar-refractivity contribution is 6.29. The highest BCUT2D eigenvalue weighted by Gasteiger charge is 2.23. The van der Waals surface area contributed by atoms with Crippen LogP contribution in [0.15, 0.2) is 12.3 Å². The SMILES string of the molecule is CCN1CCCCC1c1cnc(Cl)cc1C. The normalized spacial score (nSPS) is 22.3. The topological polar surface area (TPSA) is 16.1 Å².